The Kier molecular flexibility index (Phi) is 11.8. The van der Waals surface area contributed by atoms with Gasteiger partial charge in [-0.3, -0.25) is 19.4 Å². The van der Waals surface area contributed by atoms with Crippen molar-refractivity contribution in [2.75, 3.05) is 77.0 Å². The van der Waals surface area contributed by atoms with Gasteiger partial charge in [-0.2, -0.15) is 0 Å². The number of hydrogen-bond acceptors (Lipinski definition) is 10. The Balaban J connectivity index is 1.11. The summed E-state index contributed by atoms with van der Waals surface area (Å²) in [5, 5.41) is 13.0. The minimum absolute atomic E-state index is 0.0748. The molecule has 1 saturated carbocycles. The highest BCUT2D eigenvalue weighted by molar-refractivity contribution is 7.90. The summed E-state index contributed by atoms with van der Waals surface area (Å²) in [4.78, 5) is 35.3. The second kappa shape index (κ2) is 16.4. The average molecular weight is 825 g/mol. The number of ether oxygens (including phenoxy) is 1. The normalized spacial score (nSPS) is 33.8. The molecule has 11 nitrogen and oxygen atoms in total. The van der Waals surface area contributed by atoms with E-state index in [0.717, 1.165) is 88.6 Å². The van der Waals surface area contributed by atoms with Crippen LogP contribution in [0.1, 0.15) is 93.6 Å². The van der Waals surface area contributed by atoms with Crippen molar-refractivity contribution in [1.82, 2.24) is 19.4 Å². The fourth-order valence-corrected chi connectivity index (χ4v) is 12.6. The molecular weight excluding hydrogens is 762 g/mol. The molecule has 2 N–H and O–H groups in total. The molecule has 0 radical (unpaired) electrons. The summed E-state index contributed by atoms with van der Waals surface area (Å²) in [5.74, 6) is 0.376. The maximum Gasteiger partial charge on any atom is 0.264 e. The second-order valence-corrected chi connectivity index (χ2v) is 21.0. The van der Waals surface area contributed by atoms with Gasteiger partial charge in [0.1, 0.15) is 11.5 Å². The predicted octanol–water partition coefficient (Wildman–Crippen LogP) is 5.12. The van der Waals surface area contributed by atoms with E-state index < -0.39 is 26.8 Å². The van der Waals surface area contributed by atoms with Gasteiger partial charge in [-0.25, -0.2) is 13.1 Å². The van der Waals surface area contributed by atoms with Gasteiger partial charge in [0, 0.05) is 93.9 Å². The Morgan fingerprint density at radius 1 is 0.982 bits per heavy atom. The highest BCUT2D eigenvalue weighted by Gasteiger charge is 2.50. The van der Waals surface area contributed by atoms with Crippen LogP contribution in [-0.2, 0) is 26.7 Å². The second-order valence-electron chi connectivity index (χ2n) is 18.6. The van der Waals surface area contributed by atoms with Crippen LogP contribution >= 0.6 is 11.6 Å². The number of β-amino-alcohol motifs (C(OH)–C–C–N with tert-alkyl or cyclic N) is 1. The number of rotatable bonds is 5. The zero-order valence-electron chi connectivity index (χ0n) is 34.1. The summed E-state index contributed by atoms with van der Waals surface area (Å²) in [6.45, 7) is 14.2. The van der Waals surface area contributed by atoms with Gasteiger partial charge in [0.25, 0.3) is 5.91 Å². The van der Waals surface area contributed by atoms with Crippen LogP contribution in [0.2, 0.25) is 5.02 Å². The topological polar surface area (TPSA) is 123 Å². The van der Waals surface area contributed by atoms with E-state index in [4.69, 9.17) is 16.3 Å². The first-order valence-electron chi connectivity index (χ1n) is 21.5. The number of aryl methyl sites for hydroxylation is 1. The smallest absolute Gasteiger partial charge is 0.264 e. The molecule has 4 aliphatic heterocycles. The molecule has 8 rings (SSSR count). The van der Waals surface area contributed by atoms with Gasteiger partial charge in [0.05, 0.1) is 23.1 Å². The Bertz CT molecular complexity index is 1950. The van der Waals surface area contributed by atoms with E-state index in [0.29, 0.717) is 63.7 Å². The quantitative estimate of drug-likeness (QED) is 0.421. The number of ketones is 1. The van der Waals surface area contributed by atoms with Crippen molar-refractivity contribution >= 4 is 39.0 Å². The maximum atomic E-state index is 13.7. The van der Waals surface area contributed by atoms with Gasteiger partial charge >= 0.3 is 0 Å². The summed E-state index contributed by atoms with van der Waals surface area (Å²) >= 11 is 6.51. The lowest BCUT2D eigenvalue weighted by molar-refractivity contribution is -0.119. The number of sulfonamides is 1. The first-order valence-corrected chi connectivity index (χ1v) is 23.4. The zero-order valence-corrected chi connectivity index (χ0v) is 35.6. The third-order valence-electron chi connectivity index (χ3n) is 14.8. The van der Waals surface area contributed by atoms with Crippen LogP contribution in [0.15, 0.2) is 36.4 Å². The number of benzene rings is 2. The number of Topliss-reactive ketones (excluding diaryl/α,β-unsaturated/α-hetero) is 1. The average Bonchev–Trinajstić information content (AvgIpc) is 3.31. The van der Waals surface area contributed by atoms with E-state index in [9.17, 15) is 23.1 Å². The molecule has 0 unspecified atom stereocenters. The van der Waals surface area contributed by atoms with Crippen LogP contribution in [0.4, 0.5) is 5.69 Å². The lowest BCUT2D eigenvalue weighted by Gasteiger charge is -2.53. The van der Waals surface area contributed by atoms with Crippen LogP contribution in [0, 0.1) is 17.8 Å². The molecule has 7 atom stereocenters. The maximum absolute atomic E-state index is 13.7. The summed E-state index contributed by atoms with van der Waals surface area (Å²) in [5.41, 5.74) is 2.34. The van der Waals surface area contributed by atoms with Crippen molar-refractivity contribution in [3.63, 3.8) is 0 Å². The number of fused-ring (bicyclic) bond motifs is 5. The first kappa shape index (κ1) is 41.0. The highest BCUT2D eigenvalue weighted by Crippen LogP contribution is 2.49. The van der Waals surface area contributed by atoms with Crippen molar-refractivity contribution in [2.24, 2.45) is 17.8 Å². The molecule has 2 aromatic rings. The van der Waals surface area contributed by atoms with Crippen molar-refractivity contribution < 1.29 is 27.9 Å². The minimum atomic E-state index is -3.97. The number of piperazine rings is 2. The minimum Gasteiger partial charge on any atom is -0.490 e. The standard InChI is InChI=1S/C44H62ClN5O6S/c1-30-6-4-16-44(53,28-48-19-21-49-20-18-47(17-14-31(2)51)25-37(49)26-48)39-11-8-35(39)24-50-27-43(15-5-7-33-22-36(45)10-12-38(33)43)29-56-41-13-9-34(23-40(41)50)42(52)46-57(54,55)32(30)3/h9-10,12-13,22-23,30,32,35,37,39,53H,4-8,11,14-21,24-29H2,1-3H3,(H,46,52)/t30-,32+,35-,37-,39+,43-,44+/m0/s1. The van der Waals surface area contributed by atoms with Gasteiger partial charge in [-0.05, 0) is 118 Å². The molecule has 312 valence electrons. The summed E-state index contributed by atoms with van der Waals surface area (Å²) in [6.07, 6.45) is 7.37. The SMILES string of the molecule is CC(=O)CCN1CCN2CCN(C[C@]3(O)CCC[C@H](C)[C@@H](C)S(=O)(=O)NC(=O)c4ccc5c(c4)N(C[C@@H]4CC[C@H]43)C[C@@]3(CCCc4cc(Cl)ccc43)CO5)C[C@@H]2C1. The van der Waals surface area contributed by atoms with Gasteiger partial charge in [-0.1, -0.05) is 31.0 Å². The molecule has 2 bridgehead atoms. The van der Waals surface area contributed by atoms with Crippen LogP contribution in [-0.4, -0.2) is 129 Å². The third-order valence-corrected chi connectivity index (χ3v) is 16.9. The molecule has 2 saturated heterocycles. The number of hydrogen-bond donors (Lipinski definition) is 2. The van der Waals surface area contributed by atoms with Crippen LogP contribution in [0.3, 0.4) is 0 Å². The Morgan fingerprint density at radius 3 is 2.54 bits per heavy atom. The largest absolute Gasteiger partial charge is 0.490 e. The van der Waals surface area contributed by atoms with Crippen LogP contribution in [0.5, 0.6) is 5.75 Å². The number of amides is 1. The summed E-state index contributed by atoms with van der Waals surface area (Å²) in [7, 11) is -3.97. The molecular formula is C44H62ClN5O6S. The van der Waals surface area contributed by atoms with Crippen molar-refractivity contribution in [1.29, 1.82) is 0 Å². The number of nitrogens with zero attached hydrogens (tertiary/aromatic N) is 4. The molecule has 1 amide bonds. The van der Waals surface area contributed by atoms with E-state index in [1.54, 1.807) is 19.9 Å². The molecule has 2 aromatic carbocycles. The fourth-order valence-electron chi connectivity index (χ4n) is 11.1. The molecule has 1 spiro atoms. The van der Waals surface area contributed by atoms with Crippen LogP contribution in [0.25, 0.3) is 0 Å². The van der Waals surface area contributed by atoms with Crippen molar-refractivity contribution in [3.05, 3.63) is 58.1 Å². The number of carbonyl (C=O) groups is 2. The number of nitrogens with one attached hydrogen (secondary N) is 1. The summed E-state index contributed by atoms with van der Waals surface area (Å²) < 4.78 is 36.4. The number of carbonyl (C=O) groups excluding carboxylic acids is 2. The first-order chi connectivity index (χ1) is 27.2. The van der Waals surface area contributed by atoms with Gasteiger partial charge in [0.15, 0.2) is 0 Å². The van der Waals surface area contributed by atoms with E-state index >= 15 is 0 Å². The Labute approximate surface area is 344 Å². The highest BCUT2D eigenvalue weighted by atomic mass is 35.5. The van der Waals surface area contributed by atoms with Gasteiger partial charge < -0.3 is 19.6 Å². The molecule has 13 heteroatoms. The summed E-state index contributed by atoms with van der Waals surface area (Å²) in [6, 6.07) is 11.9. The molecule has 6 aliphatic rings. The number of anilines is 1. The Morgan fingerprint density at radius 2 is 1.77 bits per heavy atom. The van der Waals surface area contributed by atoms with E-state index in [2.05, 4.69) is 36.5 Å². The molecule has 4 heterocycles. The van der Waals surface area contributed by atoms with Crippen molar-refractivity contribution in [2.45, 2.75) is 101 Å². The lowest BCUT2D eigenvalue weighted by atomic mass is 9.62. The third kappa shape index (κ3) is 8.51. The molecule has 0 aromatic heterocycles. The van der Waals surface area contributed by atoms with Crippen LogP contribution < -0.4 is 14.4 Å². The molecule has 3 fully saturated rings. The van der Waals surface area contributed by atoms with E-state index in [-0.39, 0.29) is 34.5 Å². The molecule has 57 heavy (non-hydrogen) atoms. The predicted molar refractivity (Wildman–Crippen MR) is 224 cm³/mol. The zero-order chi connectivity index (χ0) is 40.1. The van der Waals surface area contributed by atoms with E-state index in [1.807, 2.05) is 25.1 Å². The van der Waals surface area contributed by atoms with Crippen molar-refractivity contribution in [3.8, 4) is 5.75 Å². The monoisotopic (exact) mass is 823 g/mol. The van der Waals surface area contributed by atoms with Gasteiger partial charge in [0.2, 0.25) is 10.0 Å². The molecule has 2 aliphatic carbocycles. The Hall–Kier alpha value is -2.74. The number of aliphatic hydroxyl groups is 1. The van der Waals surface area contributed by atoms with Gasteiger partial charge in [-0.15, -0.1) is 0 Å². The van der Waals surface area contributed by atoms with E-state index in [1.165, 1.54) is 11.1 Å². The number of halogens is 1. The fraction of sp³-hybridized carbons (Fsp3) is 0.682. The lowest BCUT2D eigenvalue weighted by Crippen LogP contribution is -2.64.